The Balaban J connectivity index is 2.32. The molecule has 0 saturated heterocycles. The second-order valence-electron chi connectivity index (χ2n) is 3.52. The summed E-state index contributed by atoms with van der Waals surface area (Å²) < 4.78 is 0. The first-order chi connectivity index (χ1) is 7.70. The highest BCUT2D eigenvalue weighted by atomic mass is 32.1. The zero-order valence-corrected chi connectivity index (χ0v) is 9.95. The smallest absolute Gasteiger partial charge is 0.190 e. The lowest BCUT2D eigenvalue weighted by molar-refractivity contribution is 1.17. The number of nitriles is 1. The van der Waals surface area contributed by atoms with Gasteiger partial charge in [-0.25, -0.2) is 4.98 Å². The van der Waals surface area contributed by atoms with Gasteiger partial charge in [-0.15, -0.1) is 0 Å². The quantitative estimate of drug-likeness (QED) is 0.794. The summed E-state index contributed by atoms with van der Waals surface area (Å²) in [4.78, 5) is 6.83. The first-order valence-electron chi connectivity index (χ1n) is 4.87. The second kappa shape index (κ2) is 4.33. The summed E-state index contributed by atoms with van der Waals surface area (Å²) in [6.45, 7) is 2.06. The summed E-state index contributed by atoms with van der Waals surface area (Å²) in [6, 6.07) is 10.3. The SMILES string of the molecule is Cc1cccc(N(C)c2ncc(C#N)s2)c1. The predicted molar refractivity (Wildman–Crippen MR) is 66.1 cm³/mol. The molecule has 0 aliphatic carbocycles. The minimum atomic E-state index is 0.634. The first kappa shape index (κ1) is 10.7. The lowest BCUT2D eigenvalue weighted by Crippen LogP contribution is -2.08. The molecule has 3 nitrogen and oxygen atoms in total. The van der Waals surface area contributed by atoms with Gasteiger partial charge in [0.2, 0.25) is 0 Å². The molecule has 2 aromatic rings. The maximum Gasteiger partial charge on any atom is 0.190 e. The molecule has 2 rings (SSSR count). The van der Waals surface area contributed by atoms with Crippen molar-refractivity contribution < 1.29 is 0 Å². The molecule has 0 amide bonds. The van der Waals surface area contributed by atoms with E-state index in [1.54, 1.807) is 6.20 Å². The molecule has 0 atom stereocenters. The summed E-state index contributed by atoms with van der Waals surface area (Å²) in [7, 11) is 1.95. The van der Waals surface area contributed by atoms with E-state index >= 15 is 0 Å². The highest BCUT2D eigenvalue weighted by molar-refractivity contribution is 7.16. The monoisotopic (exact) mass is 229 g/mol. The van der Waals surface area contributed by atoms with E-state index in [4.69, 9.17) is 5.26 Å². The lowest BCUT2D eigenvalue weighted by atomic mass is 10.2. The van der Waals surface area contributed by atoms with Gasteiger partial charge in [-0.2, -0.15) is 5.26 Å². The summed E-state index contributed by atoms with van der Waals surface area (Å²) in [5.74, 6) is 0. The molecular weight excluding hydrogens is 218 g/mol. The van der Waals surface area contributed by atoms with Crippen LogP contribution in [0, 0.1) is 18.3 Å². The third-order valence-corrected chi connectivity index (χ3v) is 3.26. The predicted octanol–water partition coefficient (Wildman–Crippen LogP) is 3.09. The lowest BCUT2D eigenvalue weighted by Gasteiger charge is -2.15. The molecule has 1 aromatic carbocycles. The molecule has 1 aromatic heterocycles. The van der Waals surface area contributed by atoms with Gasteiger partial charge in [0.1, 0.15) is 10.9 Å². The number of aromatic nitrogens is 1. The van der Waals surface area contributed by atoms with E-state index in [0.29, 0.717) is 4.88 Å². The highest BCUT2D eigenvalue weighted by Crippen LogP contribution is 2.27. The van der Waals surface area contributed by atoms with Gasteiger partial charge in [0.05, 0.1) is 6.20 Å². The van der Waals surface area contributed by atoms with Crippen molar-refractivity contribution in [3.8, 4) is 6.07 Å². The Morgan fingerprint density at radius 3 is 2.88 bits per heavy atom. The van der Waals surface area contributed by atoms with Gasteiger partial charge in [-0.1, -0.05) is 23.5 Å². The molecule has 0 aliphatic rings. The molecule has 0 radical (unpaired) electrons. The van der Waals surface area contributed by atoms with Crippen LogP contribution < -0.4 is 4.90 Å². The van der Waals surface area contributed by atoms with Crippen LogP contribution in [0.1, 0.15) is 10.4 Å². The van der Waals surface area contributed by atoms with E-state index in [9.17, 15) is 0 Å². The standard InChI is InChI=1S/C12H11N3S/c1-9-4-3-5-10(6-9)15(2)12-14-8-11(7-13)16-12/h3-6,8H,1-2H3. The number of rotatable bonds is 2. The van der Waals surface area contributed by atoms with Crippen LogP contribution in [0.25, 0.3) is 0 Å². The molecule has 0 spiro atoms. The van der Waals surface area contributed by atoms with Gasteiger partial charge in [0, 0.05) is 12.7 Å². The van der Waals surface area contributed by atoms with Crippen molar-refractivity contribution in [2.24, 2.45) is 0 Å². The van der Waals surface area contributed by atoms with Gasteiger partial charge in [0.25, 0.3) is 0 Å². The fourth-order valence-corrected chi connectivity index (χ4v) is 2.11. The van der Waals surface area contributed by atoms with Crippen molar-refractivity contribution in [3.63, 3.8) is 0 Å². The van der Waals surface area contributed by atoms with Gasteiger partial charge in [-0.3, -0.25) is 0 Å². The number of nitrogens with zero attached hydrogens (tertiary/aromatic N) is 3. The van der Waals surface area contributed by atoms with Gasteiger partial charge >= 0.3 is 0 Å². The number of thiazole rings is 1. The number of hydrogen-bond donors (Lipinski definition) is 0. The molecule has 0 fully saturated rings. The zero-order chi connectivity index (χ0) is 11.5. The Hall–Kier alpha value is -1.86. The fraction of sp³-hybridized carbons (Fsp3) is 0.167. The molecule has 80 valence electrons. The third-order valence-electron chi connectivity index (χ3n) is 2.28. The van der Waals surface area contributed by atoms with Crippen LogP contribution in [-0.4, -0.2) is 12.0 Å². The fourth-order valence-electron chi connectivity index (χ4n) is 1.42. The first-order valence-corrected chi connectivity index (χ1v) is 5.68. The number of hydrogen-bond acceptors (Lipinski definition) is 4. The van der Waals surface area contributed by atoms with Crippen molar-refractivity contribution in [2.75, 3.05) is 11.9 Å². The molecule has 4 heteroatoms. The normalized spacial score (nSPS) is 9.81. The number of benzene rings is 1. The minimum Gasteiger partial charge on any atom is -0.321 e. The van der Waals surface area contributed by atoms with Crippen LogP contribution in [0.5, 0.6) is 0 Å². The molecule has 1 heterocycles. The Kier molecular flexibility index (Phi) is 2.88. The van der Waals surface area contributed by atoms with Gasteiger partial charge in [0.15, 0.2) is 5.13 Å². The van der Waals surface area contributed by atoms with Crippen molar-refractivity contribution in [2.45, 2.75) is 6.92 Å². The molecular formula is C12H11N3S. The van der Waals surface area contributed by atoms with Crippen molar-refractivity contribution in [1.29, 1.82) is 5.26 Å². The molecule has 0 unspecified atom stereocenters. The average Bonchev–Trinajstić information content (AvgIpc) is 2.76. The van der Waals surface area contributed by atoms with Crippen molar-refractivity contribution in [1.82, 2.24) is 4.98 Å². The van der Waals surface area contributed by atoms with E-state index in [1.807, 2.05) is 24.1 Å². The highest BCUT2D eigenvalue weighted by Gasteiger charge is 2.08. The summed E-state index contributed by atoms with van der Waals surface area (Å²) in [5, 5.41) is 9.58. The van der Waals surface area contributed by atoms with Crippen LogP contribution in [-0.2, 0) is 0 Å². The molecule has 0 N–H and O–H groups in total. The minimum absolute atomic E-state index is 0.634. The summed E-state index contributed by atoms with van der Waals surface area (Å²) >= 11 is 1.40. The van der Waals surface area contributed by atoms with E-state index < -0.39 is 0 Å². The van der Waals surface area contributed by atoms with E-state index in [-0.39, 0.29) is 0 Å². The van der Waals surface area contributed by atoms with E-state index in [1.165, 1.54) is 16.9 Å². The summed E-state index contributed by atoms with van der Waals surface area (Å²) in [6.07, 6.45) is 1.60. The third kappa shape index (κ3) is 2.05. The molecule has 0 bridgehead atoms. The number of anilines is 2. The Morgan fingerprint density at radius 1 is 1.44 bits per heavy atom. The van der Waals surface area contributed by atoms with E-state index in [2.05, 4.69) is 30.1 Å². The van der Waals surface area contributed by atoms with Crippen LogP contribution in [0.15, 0.2) is 30.5 Å². The van der Waals surface area contributed by atoms with Crippen molar-refractivity contribution >= 4 is 22.2 Å². The average molecular weight is 229 g/mol. The Labute approximate surface area is 98.6 Å². The maximum absolute atomic E-state index is 8.75. The van der Waals surface area contributed by atoms with E-state index in [0.717, 1.165) is 10.8 Å². The van der Waals surface area contributed by atoms with Gasteiger partial charge in [-0.05, 0) is 24.6 Å². The topological polar surface area (TPSA) is 39.9 Å². The second-order valence-corrected chi connectivity index (χ2v) is 4.53. The van der Waals surface area contributed by atoms with Crippen LogP contribution >= 0.6 is 11.3 Å². The Bertz CT molecular complexity index is 539. The molecule has 16 heavy (non-hydrogen) atoms. The van der Waals surface area contributed by atoms with Gasteiger partial charge < -0.3 is 4.90 Å². The molecule has 0 aliphatic heterocycles. The van der Waals surface area contributed by atoms with Crippen LogP contribution in [0.4, 0.5) is 10.8 Å². The largest absolute Gasteiger partial charge is 0.321 e. The maximum atomic E-state index is 8.75. The van der Waals surface area contributed by atoms with Crippen molar-refractivity contribution in [3.05, 3.63) is 40.9 Å². The Morgan fingerprint density at radius 2 is 2.25 bits per heavy atom. The number of aryl methyl sites for hydroxylation is 1. The zero-order valence-electron chi connectivity index (χ0n) is 9.14. The van der Waals surface area contributed by atoms with Crippen LogP contribution in [0.3, 0.4) is 0 Å². The molecule has 0 saturated carbocycles. The summed E-state index contributed by atoms with van der Waals surface area (Å²) in [5.41, 5.74) is 2.29. The van der Waals surface area contributed by atoms with Crippen LogP contribution in [0.2, 0.25) is 0 Å².